The van der Waals surface area contributed by atoms with Crippen LogP contribution in [-0.4, -0.2) is 26.9 Å². The fraction of sp³-hybridized carbons (Fsp3) is 0.455. The zero-order valence-corrected chi connectivity index (χ0v) is 11.0. The number of sulfone groups is 1. The summed E-state index contributed by atoms with van der Waals surface area (Å²) in [7, 11) is -3.37. The molecule has 0 bridgehead atoms. The van der Waals surface area contributed by atoms with Crippen LogP contribution in [0, 0.1) is 0 Å². The molecule has 94 valence electrons. The maximum absolute atomic E-state index is 12.1. The molecule has 0 spiro atoms. The SMILES string of the molecule is CC(N)c1ccc(S(=O)(=O)C2COC2)c(Cl)c1. The summed E-state index contributed by atoms with van der Waals surface area (Å²) in [6, 6.07) is 4.66. The first-order valence-electron chi connectivity index (χ1n) is 5.29. The maximum Gasteiger partial charge on any atom is 0.187 e. The number of hydrogen-bond acceptors (Lipinski definition) is 4. The summed E-state index contributed by atoms with van der Waals surface area (Å²) in [5, 5.41) is -0.243. The first-order chi connectivity index (χ1) is 7.93. The fourth-order valence-corrected chi connectivity index (χ4v) is 3.61. The number of benzene rings is 1. The molecule has 2 rings (SSSR count). The fourth-order valence-electron chi connectivity index (χ4n) is 1.60. The van der Waals surface area contributed by atoms with E-state index >= 15 is 0 Å². The van der Waals surface area contributed by atoms with Crippen molar-refractivity contribution in [3.8, 4) is 0 Å². The Morgan fingerprint density at radius 3 is 2.53 bits per heavy atom. The Kier molecular flexibility index (Phi) is 3.45. The third kappa shape index (κ3) is 2.33. The van der Waals surface area contributed by atoms with Crippen LogP contribution >= 0.6 is 11.6 Å². The van der Waals surface area contributed by atoms with Crippen molar-refractivity contribution in [2.45, 2.75) is 23.1 Å². The monoisotopic (exact) mass is 275 g/mol. The molecule has 2 N–H and O–H groups in total. The second-order valence-corrected chi connectivity index (χ2v) is 6.79. The van der Waals surface area contributed by atoms with Gasteiger partial charge in [-0.2, -0.15) is 0 Å². The van der Waals surface area contributed by atoms with Crippen LogP contribution < -0.4 is 5.73 Å². The van der Waals surface area contributed by atoms with Gasteiger partial charge in [-0.3, -0.25) is 0 Å². The quantitative estimate of drug-likeness (QED) is 0.908. The van der Waals surface area contributed by atoms with E-state index in [-0.39, 0.29) is 29.2 Å². The van der Waals surface area contributed by atoms with Crippen LogP contribution in [0.1, 0.15) is 18.5 Å². The van der Waals surface area contributed by atoms with Crippen LogP contribution in [0.3, 0.4) is 0 Å². The molecule has 1 aliphatic rings. The Balaban J connectivity index is 2.39. The van der Waals surface area contributed by atoms with Gasteiger partial charge < -0.3 is 10.5 Å². The molecule has 1 saturated heterocycles. The predicted octanol–water partition coefficient (Wildman–Crippen LogP) is 1.53. The molecule has 1 aliphatic heterocycles. The smallest absolute Gasteiger partial charge is 0.187 e. The molecule has 17 heavy (non-hydrogen) atoms. The van der Waals surface area contributed by atoms with E-state index in [1.165, 1.54) is 6.07 Å². The summed E-state index contributed by atoms with van der Waals surface area (Å²) in [5.41, 5.74) is 6.53. The molecule has 0 radical (unpaired) electrons. The van der Waals surface area contributed by atoms with Crippen molar-refractivity contribution in [2.75, 3.05) is 13.2 Å². The predicted molar refractivity (Wildman–Crippen MR) is 65.8 cm³/mol. The lowest BCUT2D eigenvalue weighted by Crippen LogP contribution is -2.40. The summed E-state index contributed by atoms with van der Waals surface area (Å²) in [6.45, 7) is 2.31. The van der Waals surface area contributed by atoms with Gasteiger partial charge in [-0.15, -0.1) is 0 Å². The highest BCUT2D eigenvalue weighted by atomic mass is 35.5. The summed E-state index contributed by atoms with van der Waals surface area (Å²) >= 11 is 6.01. The van der Waals surface area contributed by atoms with Gasteiger partial charge in [-0.1, -0.05) is 17.7 Å². The molecular weight excluding hydrogens is 262 g/mol. The summed E-state index contributed by atoms with van der Waals surface area (Å²) in [5.74, 6) is 0. The van der Waals surface area contributed by atoms with Crippen LogP contribution in [0.25, 0.3) is 0 Å². The first kappa shape index (κ1) is 12.8. The van der Waals surface area contributed by atoms with Gasteiger partial charge in [-0.05, 0) is 24.6 Å². The van der Waals surface area contributed by atoms with E-state index in [0.717, 1.165) is 5.56 Å². The van der Waals surface area contributed by atoms with Gasteiger partial charge in [0.1, 0.15) is 5.25 Å². The van der Waals surface area contributed by atoms with E-state index in [0.29, 0.717) is 0 Å². The zero-order valence-electron chi connectivity index (χ0n) is 9.39. The lowest BCUT2D eigenvalue weighted by Gasteiger charge is -2.26. The normalized spacial score (nSPS) is 18.8. The largest absolute Gasteiger partial charge is 0.379 e. The second kappa shape index (κ2) is 4.57. The highest BCUT2D eigenvalue weighted by Gasteiger charge is 2.35. The van der Waals surface area contributed by atoms with Gasteiger partial charge in [0.2, 0.25) is 0 Å². The standard InChI is InChI=1S/C11H14ClNO3S/c1-7(13)8-2-3-11(10(12)4-8)17(14,15)9-5-16-6-9/h2-4,7,9H,5-6,13H2,1H3. The van der Waals surface area contributed by atoms with E-state index in [1.807, 2.05) is 6.92 Å². The van der Waals surface area contributed by atoms with E-state index in [1.54, 1.807) is 12.1 Å². The number of ether oxygens (including phenoxy) is 1. The van der Waals surface area contributed by atoms with Crippen LogP contribution in [-0.2, 0) is 14.6 Å². The molecule has 1 heterocycles. The molecule has 0 aromatic heterocycles. The number of rotatable bonds is 3. The van der Waals surface area contributed by atoms with E-state index in [2.05, 4.69) is 0 Å². The van der Waals surface area contributed by atoms with Crippen molar-refractivity contribution in [1.82, 2.24) is 0 Å². The van der Waals surface area contributed by atoms with Crippen LogP contribution in [0.4, 0.5) is 0 Å². The average Bonchev–Trinajstić information content (AvgIpc) is 2.13. The van der Waals surface area contributed by atoms with Crippen molar-refractivity contribution in [2.24, 2.45) is 5.73 Å². The van der Waals surface area contributed by atoms with Crippen molar-refractivity contribution >= 4 is 21.4 Å². The molecule has 0 saturated carbocycles. The number of halogens is 1. The van der Waals surface area contributed by atoms with Crippen LogP contribution in [0.5, 0.6) is 0 Å². The third-order valence-electron chi connectivity index (χ3n) is 2.83. The lowest BCUT2D eigenvalue weighted by atomic mass is 10.1. The highest BCUT2D eigenvalue weighted by molar-refractivity contribution is 7.92. The Morgan fingerprint density at radius 1 is 1.47 bits per heavy atom. The summed E-state index contributed by atoms with van der Waals surface area (Å²) in [6.07, 6.45) is 0. The number of nitrogens with two attached hydrogens (primary N) is 1. The molecule has 1 atom stereocenters. The minimum Gasteiger partial charge on any atom is -0.379 e. The van der Waals surface area contributed by atoms with Crippen molar-refractivity contribution in [1.29, 1.82) is 0 Å². The van der Waals surface area contributed by atoms with Gasteiger partial charge in [0.15, 0.2) is 9.84 Å². The minimum atomic E-state index is -3.37. The Bertz CT molecular complexity index is 524. The molecule has 4 nitrogen and oxygen atoms in total. The summed E-state index contributed by atoms with van der Waals surface area (Å²) < 4.78 is 29.1. The van der Waals surface area contributed by atoms with Gasteiger partial charge in [-0.25, -0.2) is 8.42 Å². The summed E-state index contributed by atoms with van der Waals surface area (Å²) in [4.78, 5) is 0.164. The molecule has 0 aliphatic carbocycles. The number of hydrogen-bond donors (Lipinski definition) is 1. The average molecular weight is 276 g/mol. The van der Waals surface area contributed by atoms with Gasteiger partial charge in [0.05, 0.1) is 23.1 Å². The van der Waals surface area contributed by atoms with Crippen molar-refractivity contribution < 1.29 is 13.2 Å². The third-order valence-corrected chi connectivity index (χ3v) is 5.38. The van der Waals surface area contributed by atoms with E-state index in [4.69, 9.17) is 22.1 Å². The van der Waals surface area contributed by atoms with Gasteiger partial charge in [0.25, 0.3) is 0 Å². The van der Waals surface area contributed by atoms with Crippen molar-refractivity contribution in [3.05, 3.63) is 28.8 Å². The van der Waals surface area contributed by atoms with Crippen molar-refractivity contribution in [3.63, 3.8) is 0 Å². The molecule has 6 heteroatoms. The highest BCUT2D eigenvalue weighted by Crippen LogP contribution is 2.29. The van der Waals surface area contributed by atoms with Crippen LogP contribution in [0.2, 0.25) is 5.02 Å². The molecule has 1 fully saturated rings. The van der Waals surface area contributed by atoms with Gasteiger partial charge in [0, 0.05) is 6.04 Å². The molecule has 1 aromatic carbocycles. The molecule has 1 unspecified atom stereocenters. The lowest BCUT2D eigenvalue weighted by molar-refractivity contribution is 0.0416. The molecule has 1 aromatic rings. The van der Waals surface area contributed by atoms with Gasteiger partial charge >= 0.3 is 0 Å². The topological polar surface area (TPSA) is 69.4 Å². The van der Waals surface area contributed by atoms with E-state index in [9.17, 15) is 8.42 Å². The Morgan fingerprint density at radius 2 is 2.12 bits per heavy atom. The maximum atomic E-state index is 12.1. The molecule has 0 amide bonds. The first-order valence-corrected chi connectivity index (χ1v) is 7.22. The Hall–Kier alpha value is -0.620. The Labute approximate surface area is 106 Å². The zero-order chi connectivity index (χ0) is 12.6. The van der Waals surface area contributed by atoms with E-state index < -0.39 is 15.1 Å². The second-order valence-electron chi connectivity index (χ2n) is 4.18. The molecular formula is C11H14ClNO3S. The minimum absolute atomic E-state index is 0.164. The van der Waals surface area contributed by atoms with Crippen LogP contribution in [0.15, 0.2) is 23.1 Å².